The van der Waals surface area contributed by atoms with Crippen molar-refractivity contribution < 1.29 is 0 Å². The van der Waals surface area contributed by atoms with Crippen molar-refractivity contribution in [3.63, 3.8) is 0 Å². The second kappa shape index (κ2) is 4.31. The molecule has 0 aliphatic carbocycles. The van der Waals surface area contributed by atoms with Crippen molar-refractivity contribution in [2.45, 2.75) is 53.1 Å². The minimum absolute atomic E-state index is 0.492. The van der Waals surface area contributed by atoms with Crippen molar-refractivity contribution in [3.05, 3.63) is 11.1 Å². The van der Waals surface area contributed by atoms with Gasteiger partial charge in [0.2, 0.25) is 0 Å². The van der Waals surface area contributed by atoms with E-state index in [2.05, 4.69) is 53.1 Å². The molecule has 0 aromatic carbocycles. The van der Waals surface area contributed by atoms with Gasteiger partial charge in [0.15, 0.2) is 0 Å². The van der Waals surface area contributed by atoms with Gasteiger partial charge in [0, 0.05) is 0 Å². The van der Waals surface area contributed by atoms with Crippen LogP contribution in [0.15, 0.2) is 0 Å². The number of hydrogen-bond acceptors (Lipinski definition) is 0. The van der Waals surface area contributed by atoms with Crippen LogP contribution in [-0.4, -0.2) is 16.1 Å². The topological polar surface area (TPSA) is 0 Å². The number of hydrogen-bond donors (Lipinski definition) is 0. The van der Waals surface area contributed by atoms with Crippen LogP contribution >= 0.6 is 18.1 Å². The molecule has 0 nitrogen and oxygen atoms in total. The fourth-order valence-corrected chi connectivity index (χ4v) is 17.3. The van der Waals surface area contributed by atoms with Gasteiger partial charge in [-0.2, -0.15) is 0 Å². The molecule has 0 aliphatic heterocycles. The van der Waals surface area contributed by atoms with E-state index in [-0.39, 0.29) is 0 Å². The van der Waals surface area contributed by atoms with Crippen LogP contribution < -0.4 is 9.84 Å². The first-order valence-electron chi connectivity index (χ1n) is 5.87. The van der Waals surface area contributed by atoms with Gasteiger partial charge in [0.05, 0.1) is 16.1 Å². The Morgan fingerprint density at radius 2 is 1.00 bits per heavy atom. The summed E-state index contributed by atoms with van der Waals surface area (Å²) in [6.07, 6.45) is 0. The van der Waals surface area contributed by atoms with Gasteiger partial charge in [-0.05, 0) is 41.7 Å². The van der Waals surface area contributed by atoms with Crippen LogP contribution in [0.5, 0.6) is 0 Å². The quantitative estimate of drug-likeness (QED) is 0.709. The zero-order chi connectivity index (χ0) is 12.9. The van der Waals surface area contributed by atoms with E-state index in [1.54, 1.807) is 9.84 Å². The fraction of sp³-hybridized carbons (Fsp3) is 0.667. The van der Waals surface area contributed by atoms with E-state index in [0.29, 0.717) is 0 Å². The monoisotopic (exact) mass is 290 g/mol. The Bertz CT molecular complexity index is 371. The average Bonchev–Trinajstić information content (AvgIpc) is 2.19. The molecule has 92 valence electrons. The lowest BCUT2D eigenvalue weighted by Gasteiger charge is -2.20. The SMILES string of the molecule is Cc1c(C)c([Si](C)(C)C)p(Cl)c1[Si](C)(C)C. The lowest BCUT2D eigenvalue weighted by Crippen LogP contribution is -2.39. The molecule has 1 aromatic rings. The Hall–Kier alpha value is 0.504. The predicted molar refractivity (Wildman–Crippen MR) is 85.8 cm³/mol. The van der Waals surface area contributed by atoms with Gasteiger partial charge in [-0.25, -0.2) is 0 Å². The van der Waals surface area contributed by atoms with E-state index in [9.17, 15) is 0 Å². The molecule has 1 heterocycles. The van der Waals surface area contributed by atoms with Gasteiger partial charge in [-0.15, -0.1) is 0 Å². The molecule has 0 bridgehead atoms. The summed E-state index contributed by atoms with van der Waals surface area (Å²) >= 11 is 6.82. The minimum Gasteiger partial charge on any atom is -0.0653 e. The molecule has 0 N–H and O–H groups in total. The third kappa shape index (κ3) is 2.50. The fourth-order valence-electron chi connectivity index (χ4n) is 2.48. The largest absolute Gasteiger partial charge is 0.0845 e. The average molecular weight is 291 g/mol. The van der Waals surface area contributed by atoms with E-state index < -0.39 is 23.0 Å². The first-order chi connectivity index (χ1) is 6.98. The minimum atomic E-state index is -1.26. The van der Waals surface area contributed by atoms with Gasteiger partial charge in [-0.1, -0.05) is 50.5 Å². The maximum atomic E-state index is 6.82. The highest BCUT2D eigenvalue weighted by Crippen LogP contribution is 2.37. The van der Waals surface area contributed by atoms with E-state index in [1.165, 1.54) is 11.1 Å². The van der Waals surface area contributed by atoms with Crippen molar-refractivity contribution >= 4 is 44.1 Å². The van der Waals surface area contributed by atoms with Crippen LogP contribution in [0.4, 0.5) is 0 Å². The van der Waals surface area contributed by atoms with E-state index >= 15 is 0 Å². The van der Waals surface area contributed by atoms with Crippen molar-refractivity contribution in [2.75, 3.05) is 0 Å². The predicted octanol–water partition coefficient (Wildman–Crippen LogP) is 4.38. The van der Waals surface area contributed by atoms with Crippen molar-refractivity contribution in [1.29, 1.82) is 0 Å². The zero-order valence-corrected chi connectivity index (χ0v) is 15.5. The molecule has 0 radical (unpaired) electrons. The lowest BCUT2D eigenvalue weighted by atomic mass is 10.2. The second-order valence-corrected chi connectivity index (χ2v) is 20.0. The molecule has 0 amide bonds. The Labute approximate surface area is 108 Å². The van der Waals surface area contributed by atoms with Gasteiger partial charge in [0.25, 0.3) is 0 Å². The maximum Gasteiger partial charge on any atom is 0.0845 e. The molecule has 0 atom stereocenters. The van der Waals surface area contributed by atoms with E-state index in [4.69, 9.17) is 11.2 Å². The smallest absolute Gasteiger partial charge is 0.0653 e. The van der Waals surface area contributed by atoms with Gasteiger partial charge >= 0.3 is 0 Å². The maximum absolute atomic E-state index is 6.82. The van der Waals surface area contributed by atoms with Crippen LogP contribution in [0.1, 0.15) is 11.1 Å². The van der Waals surface area contributed by atoms with Crippen LogP contribution in [0, 0.1) is 13.8 Å². The molecule has 0 spiro atoms. The third-order valence-corrected chi connectivity index (χ3v) is 15.4. The summed E-state index contributed by atoms with van der Waals surface area (Å²) < 4.78 is 0. The first-order valence-corrected chi connectivity index (χ1v) is 15.1. The van der Waals surface area contributed by atoms with Crippen LogP contribution in [0.3, 0.4) is 0 Å². The molecule has 0 saturated carbocycles. The van der Waals surface area contributed by atoms with E-state index in [0.717, 1.165) is 0 Å². The summed E-state index contributed by atoms with van der Waals surface area (Å²) in [6.45, 7) is 18.6. The van der Waals surface area contributed by atoms with Crippen LogP contribution in [0.25, 0.3) is 0 Å². The molecule has 16 heavy (non-hydrogen) atoms. The summed E-state index contributed by atoms with van der Waals surface area (Å²) in [4.78, 5) is 3.28. The number of halogens is 1. The van der Waals surface area contributed by atoms with Gasteiger partial charge in [-0.3, -0.25) is 0 Å². The summed E-state index contributed by atoms with van der Waals surface area (Å²) in [7, 11) is -2.51. The highest BCUT2D eigenvalue weighted by Gasteiger charge is 2.32. The van der Waals surface area contributed by atoms with Crippen molar-refractivity contribution in [1.82, 2.24) is 0 Å². The van der Waals surface area contributed by atoms with E-state index in [1.807, 2.05) is 0 Å². The number of rotatable bonds is 2. The summed E-state index contributed by atoms with van der Waals surface area (Å²) in [5.41, 5.74) is 3.05. The van der Waals surface area contributed by atoms with Gasteiger partial charge < -0.3 is 0 Å². The molecule has 4 heteroatoms. The highest BCUT2D eigenvalue weighted by molar-refractivity contribution is 7.87. The lowest BCUT2D eigenvalue weighted by molar-refractivity contribution is 1.42. The molecule has 1 aromatic heterocycles. The first kappa shape index (κ1) is 14.6. The van der Waals surface area contributed by atoms with Crippen LogP contribution in [-0.2, 0) is 0 Å². The van der Waals surface area contributed by atoms with Crippen molar-refractivity contribution in [2.24, 2.45) is 0 Å². The molecule has 0 aliphatic rings. The Kier molecular flexibility index (Phi) is 3.92. The third-order valence-electron chi connectivity index (χ3n) is 3.09. The summed E-state index contributed by atoms with van der Waals surface area (Å²) in [5, 5.41) is 0. The Balaban J connectivity index is 3.59. The van der Waals surface area contributed by atoms with Gasteiger partial charge in [0.1, 0.15) is 0 Å². The van der Waals surface area contributed by atoms with Crippen LogP contribution in [0.2, 0.25) is 39.3 Å². The summed E-state index contributed by atoms with van der Waals surface area (Å²) in [5.74, 6) is 0. The molecular weight excluding hydrogens is 267 g/mol. The zero-order valence-electron chi connectivity index (χ0n) is 11.8. The molecule has 0 unspecified atom stereocenters. The molecular formula is C12H24ClPSi2. The molecule has 0 fully saturated rings. The Morgan fingerprint density at radius 1 is 0.750 bits per heavy atom. The molecule has 1 rings (SSSR count). The standard InChI is InChI=1S/C12H24ClPSi2/c1-9-10(2)12(16(6,7)8)14(13)11(9)15(3,4)5/h1-8H3. The Morgan fingerprint density at radius 3 is 1.12 bits per heavy atom. The second-order valence-electron chi connectivity index (χ2n) is 6.73. The normalized spacial score (nSPS) is 13.3. The summed E-state index contributed by atoms with van der Waals surface area (Å²) in [6, 6.07) is 0. The highest BCUT2D eigenvalue weighted by atomic mass is 35.7. The van der Waals surface area contributed by atoms with Crippen molar-refractivity contribution in [3.8, 4) is 0 Å². The molecule has 0 saturated heterocycles.